The quantitative estimate of drug-likeness (QED) is 0.765. The van der Waals surface area contributed by atoms with E-state index in [-0.39, 0.29) is 0 Å². The molecule has 0 aliphatic heterocycles. The van der Waals surface area contributed by atoms with Gasteiger partial charge in [0.15, 0.2) is 0 Å². The van der Waals surface area contributed by atoms with Crippen molar-refractivity contribution < 1.29 is 0 Å². The Bertz CT molecular complexity index is 396. The van der Waals surface area contributed by atoms with E-state index in [0.29, 0.717) is 0 Å². The molecule has 0 amide bonds. The number of allylic oxidation sites excluding steroid dienone is 1. The Morgan fingerprint density at radius 1 is 1.40 bits per heavy atom. The molecule has 0 unspecified atom stereocenters. The van der Waals surface area contributed by atoms with E-state index in [1.54, 1.807) is 0 Å². The Labute approximate surface area is 90.6 Å². The van der Waals surface area contributed by atoms with E-state index >= 15 is 0 Å². The van der Waals surface area contributed by atoms with Gasteiger partial charge in [-0.15, -0.1) is 0 Å². The van der Waals surface area contributed by atoms with Gasteiger partial charge in [-0.25, -0.2) is 9.97 Å². The molecule has 1 aromatic rings. The molecule has 1 aliphatic carbocycles. The second-order valence-electron chi connectivity index (χ2n) is 4.15. The van der Waals surface area contributed by atoms with Gasteiger partial charge in [-0.2, -0.15) is 0 Å². The van der Waals surface area contributed by atoms with Crippen LogP contribution in [-0.2, 0) is 19.3 Å². The molecular formula is C12H17N3. The summed E-state index contributed by atoms with van der Waals surface area (Å²) in [5.74, 6) is 1.90. The van der Waals surface area contributed by atoms with Crippen molar-refractivity contribution in [1.82, 2.24) is 9.97 Å². The van der Waals surface area contributed by atoms with Crippen molar-refractivity contribution in [2.75, 3.05) is 12.4 Å². The van der Waals surface area contributed by atoms with Crippen LogP contribution in [0.4, 0.5) is 5.82 Å². The van der Waals surface area contributed by atoms with Crippen LogP contribution in [0.5, 0.6) is 0 Å². The highest BCUT2D eigenvalue weighted by atomic mass is 15.0. The Morgan fingerprint density at radius 2 is 2.20 bits per heavy atom. The van der Waals surface area contributed by atoms with E-state index in [1.807, 2.05) is 14.0 Å². The van der Waals surface area contributed by atoms with Gasteiger partial charge in [-0.05, 0) is 26.2 Å². The van der Waals surface area contributed by atoms with Crippen LogP contribution in [0.15, 0.2) is 12.2 Å². The maximum Gasteiger partial charge on any atom is 0.135 e. The molecule has 0 bridgehead atoms. The normalized spacial score (nSPS) is 13.7. The largest absolute Gasteiger partial charge is 0.373 e. The molecular weight excluding hydrogens is 186 g/mol. The van der Waals surface area contributed by atoms with Gasteiger partial charge in [0.05, 0.1) is 0 Å². The average molecular weight is 203 g/mol. The van der Waals surface area contributed by atoms with Gasteiger partial charge in [0.1, 0.15) is 11.6 Å². The number of aryl methyl sites for hydroxylation is 1. The third-order valence-electron chi connectivity index (χ3n) is 2.68. The minimum atomic E-state index is 0.780. The molecule has 0 saturated heterocycles. The molecule has 0 saturated carbocycles. The first kappa shape index (κ1) is 10.1. The fraction of sp³-hybridized carbons (Fsp3) is 0.500. The molecule has 3 heteroatoms. The zero-order chi connectivity index (χ0) is 10.8. The summed E-state index contributed by atoms with van der Waals surface area (Å²) >= 11 is 0. The number of anilines is 1. The molecule has 1 aromatic heterocycles. The van der Waals surface area contributed by atoms with Crippen LogP contribution in [-0.4, -0.2) is 17.0 Å². The molecule has 0 radical (unpaired) electrons. The lowest BCUT2D eigenvalue weighted by molar-refractivity contribution is 0.883. The fourth-order valence-electron chi connectivity index (χ4n) is 2.04. The molecule has 2 rings (SSSR count). The lowest BCUT2D eigenvalue weighted by Gasteiger charge is -2.09. The summed E-state index contributed by atoms with van der Waals surface area (Å²) in [4.78, 5) is 9.11. The molecule has 3 nitrogen and oxygen atoms in total. The van der Waals surface area contributed by atoms with Crippen LogP contribution in [0.2, 0.25) is 0 Å². The predicted molar refractivity (Wildman–Crippen MR) is 62.1 cm³/mol. The molecule has 0 aromatic carbocycles. The molecule has 0 atom stereocenters. The monoisotopic (exact) mass is 203 g/mol. The number of rotatable bonds is 3. The number of nitrogens with zero attached hydrogens (tertiary/aromatic N) is 2. The van der Waals surface area contributed by atoms with Crippen molar-refractivity contribution in [2.24, 2.45) is 0 Å². The minimum absolute atomic E-state index is 0.780. The van der Waals surface area contributed by atoms with Gasteiger partial charge in [0.2, 0.25) is 0 Å². The first-order valence-electron chi connectivity index (χ1n) is 5.41. The number of nitrogens with one attached hydrogen (secondary N) is 1. The Hall–Kier alpha value is -1.38. The number of hydrogen-bond donors (Lipinski definition) is 1. The summed E-state index contributed by atoms with van der Waals surface area (Å²) in [7, 11) is 1.92. The molecule has 0 spiro atoms. The van der Waals surface area contributed by atoms with Crippen molar-refractivity contribution in [3.63, 3.8) is 0 Å². The van der Waals surface area contributed by atoms with E-state index in [2.05, 4.69) is 21.9 Å². The summed E-state index contributed by atoms with van der Waals surface area (Å²) in [5.41, 5.74) is 3.64. The van der Waals surface area contributed by atoms with Gasteiger partial charge in [0.25, 0.3) is 0 Å². The maximum atomic E-state index is 4.59. The van der Waals surface area contributed by atoms with Gasteiger partial charge in [-0.1, -0.05) is 12.2 Å². The van der Waals surface area contributed by atoms with E-state index in [1.165, 1.54) is 17.7 Å². The zero-order valence-electron chi connectivity index (χ0n) is 9.43. The summed E-state index contributed by atoms with van der Waals surface area (Å²) in [6, 6.07) is 0. The van der Waals surface area contributed by atoms with Crippen LogP contribution in [0.3, 0.4) is 0 Å². The van der Waals surface area contributed by atoms with Crippen molar-refractivity contribution in [1.29, 1.82) is 0 Å². The van der Waals surface area contributed by atoms with E-state index in [4.69, 9.17) is 0 Å². The van der Waals surface area contributed by atoms with Crippen LogP contribution in [0.25, 0.3) is 0 Å². The Balaban J connectivity index is 2.38. The van der Waals surface area contributed by atoms with Crippen molar-refractivity contribution in [2.45, 2.75) is 32.6 Å². The third-order valence-corrected chi connectivity index (χ3v) is 2.68. The predicted octanol–water partition coefficient (Wildman–Crippen LogP) is 2.13. The van der Waals surface area contributed by atoms with E-state index in [9.17, 15) is 0 Å². The molecule has 80 valence electrons. The smallest absolute Gasteiger partial charge is 0.135 e. The summed E-state index contributed by atoms with van der Waals surface area (Å²) in [6.07, 6.45) is 4.19. The second-order valence-corrected chi connectivity index (χ2v) is 4.15. The van der Waals surface area contributed by atoms with Crippen LogP contribution < -0.4 is 5.32 Å². The van der Waals surface area contributed by atoms with Gasteiger partial charge < -0.3 is 5.32 Å². The first-order valence-corrected chi connectivity index (χ1v) is 5.41. The topological polar surface area (TPSA) is 37.8 Å². The molecule has 1 aliphatic rings. The Morgan fingerprint density at radius 3 is 2.87 bits per heavy atom. The van der Waals surface area contributed by atoms with Crippen molar-refractivity contribution >= 4 is 5.82 Å². The van der Waals surface area contributed by atoms with Gasteiger partial charge in [0, 0.05) is 24.7 Å². The maximum absolute atomic E-state index is 4.59. The lowest BCUT2D eigenvalue weighted by Crippen LogP contribution is -2.06. The molecule has 0 fully saturated rings. The number of aromatic nitrogens is 2. The molecule has 15 heavy (non-hydrogen) atoms. The van der Waals surface area contributed by atoms with Crippen LogP contribution >= 0.6 is 0 Å². The average Bonchev–Trinajstić information content (AvgIpc) is 2.63. The van der Waals surface area contributed by atoms with Crippen molar-refractivity contribution in [3.05, 3.63) is 29.2 Å². The minimum Gasteiger partial charge on any atom is -0.373 e. The SMILES string of the molecule is C=C(C)Cc1nc2c(c(NC)n1)CCC2. The van der Waals surface area contributed by atoms with Crippen LogP contribution in [0.1, 0.15) is 30.4 Å². The van der Waals surface area contributed by atoms with Crippen molar-refractivity contribution in [3.8, 4) is 0 Å². The van der Waals surface area contributed by atoms with Gasteiger partial charge >= 0.3 is 0 Å². The summed E-state index contributed by atoms with van der Waals surface area (Å²) < 4.78 is 0. The Kier molecular flexibility index (Phi) is 2.71. The number of hydrogen-bond acceptors (Lipinski definition) is 3. The molecule has 1 heterocycles. The third kappa shape index (κ3) is 2.01. The number of fused-ring (bicyclic) bond motifs is 1. The molecule has 1 N–H and O–H groups in total. The first-order chi connectivity index (χ1) is 7.20. The fourth-order valence-corrected chi connectivity index (χ4v) is 2.04. The van der Waals surface area contributed by atoms with E-state index < -0.39 is 0 Å². The van der Waals surface area contributed by atoms with E-state index in [0.717, 1.165) is 36.5 Å². The lowest BCUT2D eigenvalue weighted by atomic mass is 10.2. The highest BCUT2D eigenvalue weighted by Gasteiger charge is 2.18. The summed E-state index contributed by atoms with van der Waals surface area (Å²) in [6.45, 7) is 5.91. The second kappa shape index (κ2) is 4.01. The van der Waals surface area contributed by atoms with Crippen LogP contribution in [0, 0.1) is 0 Å². The summed E-state index contributed by atoms with van der Waals surface area (Å²) in [5, 5.41) is 3.16. The highest BCUT2D eigenvalue weighted by molar-refractivity contribution is 5.48. The van der Waals surface area contributed by atoms with Gasteiger partial charge in [-0.3, -0.25) is 0 Å². The standard InChI is InChI=1S/C12H17N3/c1-8(2)7-11-14-10-6-4-5-9(10)12(13-3)15-11/h1,4-7H2,2-3H3,(H,13,14,15). The zero-order valence-corrected chi connectivity index (χ0v) is 9.43. The highest BCUT2D eigenvalue weighted by Crippen LogP contribution is 2.26.